The first-order valence-corrected chi connectivity index (χ1v) is 6.81. The SMILES string of the molecule is C#CCCCNC(=O)N1CCC(CCC(=O)O)CC1. The average molecular weight is 266 g/mol. The van der Waals surface area contributed by atoms with Crippen LogP contribution in [0.5, 0.6) is 0 Å². The summed E-state index contributed by atoms with van der Waals surface area (Å²) in [5.74, 6) is 2.23. The summed E-state index contributed by atoms with van der Waals surface area (Å²) in [4.78, 5) is 24.1. The van der Waals surface area contributed by atoms with E-state index in [2.05, 4.69) is 11.2 Å². The van der Waals surface area contributed by atoms with Crippen LogP contribution in [-0.4, -0.2) is 41.6 Å². The van der Waals surface area contributed by atoms with Gasteiger partial charge in [-0.25, -0.2) is 4.79 Å². The molecule has 0 radical (unpaired) electrons. The molecular formula is C14H22N2O3. The lowest BCUT2D eigenvalue weighted by atomic mass is 9.92. The first kappa shape index (κ1) is 15.4. The van der Waals surface area contributed by atoms with Crippen LogP contribution in [0.4, 0.5) is 4.79 Å². The standard InChI is InChI=1S/C14H22N2O3/c1-2-3-4-9-15-14(19)16-10-7-12(8-11-16)5-6-13(17)18/h1,12H,3-11H2,(H,15,19)(H,17,18). The normalized spacial score (nSPS) is 15.8. The second-order valence-electron chi connectivity index (χ2n) is 4.90. The van der Waals surface area contributed by atoms with Gasteiger partial charge in [0.2, 0.25) is 0 Å². The highest BCUT2D eigenvalue weighted by Crippen LogP contribution is 2.21. The van der Waals surface area contributed by atoms with Crippen LogP contribution in [0, 0.1) is 18.3 Å². The van der Waals surface area contributed by atoms with Gasteiger partial charge in [0.25, 0.3) is 0 Å². The molecule has 2 N–H and O–H groups in total. The maximum absolute atomic E-state index is 11.8. The summed E-state index contributed by atoms with van der Waals surface area (Å²) in [5, 5.41) is 11.5. The molecule has 2 amide bonds. The van der Waals surface area contributed by atoms with E-state index in [0.717, 1.165) is 19.3 Å². The first-order chi connectivity index (χ1) is 9.13. The highest BCUT2D eigenvalue weighted by Gasteiger charge is 2.22. The Morgan fingerprint density at radius 1 is 1.37 bits per heavy atom. The number of carbonyl (C=O) groups is 2. The minimum absolute atomic E-state index is 0.0336. The smallest absolute Gasteiger partial charge is 0.317 e. The van der Waals surface area contributed by atoms with Crippen molar-refractivity contribution in [3.63, 3.8) is 0 Å². The topological polar surface area (TPSA) is 69.6 Å². The minimum atomic E-state index is -0.742. The van der Waals surface area contributed by atoms with E-state index < -0.39 is 5.97 Å². The van der Waals surface area contributed by atoms with Gasteiger partial charge in [0.05, 0.1) is 0 Å². The minimum Gasteiger partial charge on any atom is -0.481 e. The molecule has 1 fully saturated rings. The number of urea groups is 1. The maximum Gasteiger partial charge on any atom is 0.317 e. The number of piperidine rings is 1. The van der Waals surface area contributed by atoms with Gasteiger partial charge in [0, 0.05) is 32.5 Å². The highest BCUT2D eigenvalue weighted by atomic mass is 16.4. The largest absolute Gasteiger partial charge is 0.481 e. The van der Waals surface area contributed by atoms with Crippen molar-refractivity contribution < 1.29 is 14.7 Å². The average Bonchev–Trinajstić information content (AvgIpc) is 2.41. The molecule has 0 aliphatic carbocycles. The van der Waals surface area contributed by atoms with E-state index >= 15 is 0 Å². The number of unbranched alkanes of at least 4 members (excludes halogenated alkanes) is 1. The Labute approximate surface area is 114 Å². The molecular weight excluding hydrogens is 244 g/mol. The third-order valence-corrected chi connectivity index (χ3v) is 3.44. The number of carboxylic acid groups (broad SMARTS) is 1. The van der Waals surface area contributed by atoms with Crippen LogP contribution in [-0.2, 0) is 4.79 Å². The van der Waals surface area contributed by atoms with E-state index in [-0.39, 0.29) is 12.5 Å². The van der Waals surface area contributed by atoms with E-state index in [1.54, 1.807) is 4.90 Å². The Morgan fingerprint density at radius 2 is 2.05 bits per heavy atom. The number of terminal acetylenes is 1. The van der Waals surface area contributed by atoms with Gasteiger partial charge in [-0.3, -0.25) is 4.79 Å². The van der Waals surface area contributed by atoms with Gasteiger partial charge in [-0.2, -0.15) is 0 Å². The van der Waals surface area contributed by atoms with E-state index in [9.17, 15) is 9.59 Å². The van der Waals surface area contributed by atoms with Gasteiger partial charge < -0.3 is 15.3 Å². The van der Waals surface area contributed by atoms with Gasteiger partial charge in [-0.05, 0) is 31.6 Å². The molecule has 1 rings (SSSR count). The van der Waals surface area contributed by atoms with Crippen LogP contribution in [0.1, 0.15) is 38.5 Å². The summed E-state index contributed by atoms with van der Waals surface area (Å²) in [6.45, 7) is 2.04. The molecule has 1 saturated heterocycles. The van der Waals surface area contributed by atoms with Crippen molar-refractivity contribution in [2.45, 2.75) is 38.5 Å². The molecule has 0 aromatic rings. The Morgan fingerprint density at radius 3 is 2.63 bits per heavy atom. The fourth-order valence-corrected chi connectivity index (χ4v) is 2.25. The number of rotatable bonds is 6. The van der Waals surface area contributed by atoms with Crippen molar-refractivity contribution in [1.29, 1.82) is 0 Å². The second-order valence-corrected chi connectivity index (χ2v) is 4.90. The van der Waals surface area contributed by atoms with Crippen LogP contribution >= 0.6 is 0 Å². The molecule has 19 heavy (non-hydrogen) atoms. The van der Waals surface area contributed by atoms with Gasteiger partial charge in [0.1, 0.15) is 0 Å². The molecule has 0 aromatic carbocycles. The van der Waals surface area contributed by atoms with Gasteiger partial charge in [0.15, 0.2) is 0 Å². The monoisotopic (exact) mass is 266 g/mol. The Kier molecular flexibility index (Phi) is 6.80. The Bertz CT molecular complexity index is 341. The predicted octanol–water partition coefficient (Wildman–Crippen LogP) is 1.69. The third kappa shape index (κ3) is 6.14. The fraction of sp³-hybridized carbons (Fsp3) is 0.714. The summed E-state index contributed by atoms with van der Waals surface area (Å²) < 4.78 is 0. The zero-order valence-electron chi connectivity index (χ0n) is 11.2. The van der Waals surface area contributed by atoms with Crippen molar-refractivity contribution in [3.05, 3.63) is 0 Å². The van der Waals surface area contributed by atoms with Crippen LogP contribution < -0.4 is 5.32 Å². The zero-order chi connectivity index (χ0) is 14.1. The zero-order valence-corrected chi connectivity index (χ0v) is 11.2. The molecule has 0 saturated carbocycles. The molecule has 5 heteroatoms. The van der Waals surface area contributed by atoms with E-state index in [1.807, 2.05) is 0 Å². The van der Waals surface area contributed by atoms with Crippen LogP contribution in [0.15, 0.2) is 0 Å². The molecule has 5 nitrogen and oxygen atoms in total. The predicted molar refractivity (Wildman–Crippen MR) is 72.6 cm³/mol. The Hall–Kier alpha value is -1.70. The van der Waals surface area contributed by atoms with Crippen molar-refractivity contribution in [2.24, 2.45) is 5.92 Å². The van der Waals surface area contributed by atoms with Gasteiger partial charge >= 0.3 is 12.0 Å². The van der Waals surface area contributed by atoms with Crippen molar-refractivity contribution in [1.82, 2.24) is 10.2 Å². The Balaban J connectivity index is 2.16. The molecule has 0 unspecified atom stereocenters. The summed E-state index contributed by atoms with van der Waals surface area (Å²) in [6.07, 6.45) is 9.35. The lowest BCUT2D eigenvalue weighted by molar-refractivity contribution is -0.137. The van der Waals surface area contributed by atoms with E-state index in [0.29, 0.717) is 38.4 Å². The molecule has 1 heterocycles. The van der Waals surface area contributed by atoms with Crippen molar-refractivity contribution >= 4 is 12.0 Å². The molecule has 1 aliphatic rings. The van der Waals surface area contributed by atoms with Gasteiger partial charge in [-0.1, -0.05) is 0 Å². The number of nitrogens with one attached hydrogen (secondary N) is 1. The number of aliphatic carboxylic acids is 1. The molecule has 106 valence electrons. The maximum atomic E-state index is 11.8. The summed E-state index contributed by atoms with van der Waals surface area (Å²) in [7, 11) is 0. The molecule has 0 spiro atoms. The molecule has 0 atom stereocenters. The second kappa shape index (κ2) is 8.41. The van der Waals surface area contributed by atoms with E-state index in [4.69, 9.17) is 11.5 Å². The molecule has 0 bridgehead atoms. The number of carboxylic acids is 1. The lowest BCUT2D eigenvalue weighted by Crippen LogP contribution is -2.44. The summed E-state index contributed by atoms with van der Waals surface area (Å²) >= 11 is 0. The summed E-state index contributed by atoms with van der Waals surface area (Å²) in [6, 6.07) is -0.0336. The van der Waals surface area contributed by atoms with Crippen molar-refractivity contribution in [3.8, 4) is 12.3 Å². The lowest BCUT2D eigenvalue weighted by Gasteiger charge is -2.31. The molecule has 1 aliphatic heterocycles. The summed E-state index contributed by atoms with van der Waals surface area (Å²) in [5.41, 5.74) is 0. The third-order valence-electron chi connectivity index (χ3n) is 3.44. The van der Waals surface area contributed by atoms with Crippen LogP contribution in [0.2, 0.25) is 0 Å². The van der Waals surface area contributed by atoms with Gasteiger partial charge in [-0.15, -0.1) is 12.3 Å². The van der Waals surface area contributed by atoms with Crippen LogP contribution in [0.3, 0.4) is 0 Å². The number of carbonyl (C=O) groups excluding carboxylic acids is 1. The van der Waals surface area contributed by atoms with E-state index in [1.165, 1.54) is 0 Å². The van der Waals surface area contributed by atoms with Crippen molar-refractivity contribution in [2.75, 3.05) is 19.6 Å². The number of amides is 2. The molecule has 0 aromatic heterocycles. The highest BCUT2D eigenvalue weighted by molar-refractivity contribution is 5.74. The number of likely N-dealkylation sites (tertiary alicyclic amines) is 1. The first-order valence-electron chi connectivity index (χ1n) is 6.81. The fourth-order valence-electron chi connectivity index (χ4n) is 2.25. The number of hydrogen-bond donors (Lipinski definition) is 2. The number of hydrogen-bond acceptors (Lipinski definition) is 2. The quantitative estimate of drug-likeness (QED) is 0.567. The number of nitrogens with zero attached hydrogens (tertiary/aromatic N) is 1. The van der Waals surface area contributed by atoms with Crippen LogP contribution in [0.25, 0.3) is 0 Å².